The van der Waals surface area contributed by atoms with Crippen LogP contribution in [0.5, 0.6) is 0 Å². The van der Waals surface area contributed by atoms with E-state index in [1.807, 2.05) is 6.92 Å². The standard InChI is InChI=1S/C21H34F2O2/c1-15-24-13-18(14-25-15)3-2-16-4-8-19(9-5-16)20-10-6-17(7-11-20)12-21(22)23/h12,15-20H,2-11,13-14H2,1H3. The van der Waals surface area contributed by atoms with Crippen LogP contribution in [-0.2, 0) is 9.47 Å². The third-order valence-electron chi connectivity index (χ3n) is 6.85. The summed E-state index contributed by atoms with van der Waals surface area (Å²) in [6.45, 7) is 3.68. The molecule has 0 amide bonds. The van der Waals surface area contributed by atoms with Gasteiger partial charge in [-0.2, -0.15) is 8.78 Å². The fraction of sp³-hybridized carbons (Fsp3) is 0.905. The lowest BCUT2D eigenvalue weighted by molar-refractivity contribution is -0.191. The van der Waals surface area contributed by atoms with Crippen LogP contribution in [0, 0.1) is 29.6 Å². The van der Waals surface area contributed by atoms with Crippen molar-refractivity contribution in [3.8, 4) is 0 Å². The first-order valence-corrected chi connectivity index (χ1v) is 10.4. The summed E-state index contributed by atoms with van der Waals surface area (Å²) >= 11 is 0. The summed E-state index contributed by atoms with van der Waals surface area (Å²) in [5.41, 5.74) is 0. The normalized spacial score (nSPS) is 39.8. The van der Waals surface area contributed by atoms with E-state index in [1.54, 1.807) is 0 Å². The van der Waals surface area contributed by atoms with E-state index in [1.165, 1.54) is 44.6 Å². The molecule has 1 aliphatic heterocycles. The Balaban J connectivity index is 1.32. The Bertz CT molecular complexity index is 412. The molecule has 2 nitrogen and oxygen atoms in total. The monoisotopic (exact) mass is 356 g/mol. The number of ether oxygens (including phenoxy) is 2. The second kappa shape index (κ2) is 9.45. The molecule has 0 N–H and O–H groups in total. The summed E-state index contributed by atoms with van der Waals surface area (Å²) in [7, 11) is 0. The van der Waals surface area contributed by atoms with Crippen LogP contribution in [0.15, 0.2) is 12.2 Å². The molecule has 2 aliphatic carbocycles. The van der Waals surface area contributed by atoms with Crippen LogP contribution < -0.4 is 0 Å². The first-order chi connectivity index (χ1) is 12.1. The molecule has 144 valence electrons. The van der Waals surface area contributed by atoms with Crippen molar-refractivity contribution in [1.29, 1.82) is 0 Å². The molecule has 3 rings (SSSR count). The quantitative estimate of drug-likeness (QED) is 0.586. The van der Waals surface area contributed by atoms with Gasteiger partial charge < -0.3 is 9.47 Å². The van der Waals surface area contributed by atoms with Gasteiger partial charge in [0.05, 0.1) is 13.2 Å². The molecule has 25 heavy (non-hydrogen) atoms. The molecule has 0 aromatic heterocycles. The van der Waals surface area contributed by atoms with Crippen LogP contribution in [0.4, 0.5) is 8.78 Å². The number of rotatable bonds is 5. The van der Waals surface area contributed by atoms with Gasteiger partial charge in [0.25, 0.3) is 6.08 Å². The van der Waals surface area contributed by atoms with Crippen molar-refractivity contribution in [2.24, 2.45) is 29.6 Å². The predicted octanol–water partition coefficient (Wildman–Crippen LogP) is 6.17. The number of allylic oxidation sites excluding steroid dienone is 1. The van der Waals surface area contributed by atoms with Crippen molar-refractivity contribution in [2.75, 3.05) is 13.2 Å². The lowest BCUT2D eigenvalue weighted by atomic mass is 9.68. The van der Waals surface area contributed by atoms with Crippen molar-refractivity contribution >= 4 is 0 Å². The second-order valence-corrected chi connectivity index (χ2v) is 8.59. The first-order valence-electron chi connectivity index (χ1n) is 10.4. The van der Waals surface area contributed by atoms with Gasteiger partial charge in [0.2, 0.25) is 0 Å². The third kappa shape index (κ3) is 6.02. The van der Waals surface area contributed by atoms with E-state index in [-0.39, 0.29) is 12.2 Å². The molecule has 3 aliphatic rings. The zero-order valence-corrected chi connectivity index (χ0v) is 15.6. The highest BCUT2D eigenvalue weighted by Crippen LogP contribution is 2.42. The maximum atomic E-state index is 12.4. The molecule has 0 atom stereocenters. The second-order valence-electron chi connectivity index (χ2n) is 8.59. The van der Waals surface area contributed by atoms with E-state index in [0.29, 0.717) is 5.92 Å². The van der Waals surface area contributed by atoms with E-state index in [2.05, 4.69) is 0 Å². The molecule has 4 heteroatoms. The van der Waals surface area contributed by atoms with Crippen LogP contribution in [0.3, 0.4) is 0 Å². The van der Waals surface area contributed by atoms with Crippen LogP contribution in [0.1, 0.15) is 71.1 Å². The molecule has 3 fully saturated rings. The minimum absolute atomic E-state index is 0.0290. The molecule has 0 spiro atoms. The minimum Gasteiger partial charge on any atom is -0.353 e. The molecule has 2 saturated carbocycles. The fourth-order valence-electron chi connectivity index (χ4n) is 5.19. The Morgan fingerprint density at radius 3 is 1.88 bits per heavy atom. The van der Waals surface area contributed by atoms with Crippen molar-refractivity contribution in [1.82, 2.24) is 0 Å². The van der Waals surface area contributed by atoms with Gasteiger partial charge in [-0.1, -0.05) is 19.3 Å². The van der Waals surface area contributed by atoms with Gasteiger partial charge >= 0.3 is 0 Å². The highest BCUT2D eigenvalue weighted by molar-refractivity contribution is 4.92. The van der Waals surface area contributed by atoms with Gasteiger partial charge in [-0.05, 0) is 81.6 Å². The van der Waals surface area contributed by atoms with Gasteiger partial charge in [0.1, 0.15) is 0 Å². The third-order valence-corrected chi connectivity index (χ3v) is 6.85. The van der Waals surface area contributed by atoms with Crippen molar-refractivity contribution in [2.45, 2.75) is 77.4 Å². The molecular formula is C21H34F2O2. The summed E-state index contributed by atoms with van der Waals surface area (Å²) in [6, 6.07) is 0. The Labute approximate surface area is 151 Å². The topological polar surface area (TPSA) is 18.5 Å². The number of halogens is 2. The van der Waals surface area contributed by atoms with E-state index >= 15 is 0 Å². The van der Waals surface area contributed by atoms with Crippen molar-refractivity contribution in [3.63, 3.8) is 0 Å². The summed E-state index contributed by atoms with van der Waals surface area (Å²) in [4.78, 5) is 0. The van der Waals surface area contributed by atoms with Gasteiger partial charge in [-0.3, -0.25) is 0 Å². The SMILES string of the molecule is CC1OCC(CCC2CCC(C3CCC(C=C(F)F)CC3)CC2)CO1. The molecule has 0 radical (unpaired) electrons. The Morgan fingerprint density at radius 2 is 1.32 bits per heavy atom. The minimum atomic E-state index is -1.49. The average molecular weight is 356 g/mol. The molecule has 1 saturated heterocycles. The molecule has 0 aromatic rings. The summed E-state index contributed by atoms with van der Waals surface area (Å²) < 4.78 is 35.9. The van der Waals surface area contributed by atoms with Gasteiger partial charge in [-0.25, -0.2) is 0 Å². The van der Waals surface area contributed by atoms with Gasteiger partial charge in [0, 0.05) is 5.92 Å². The smallest absolute Gasteiger partial charge is 0.266 e. The lowest BCUT2D eigenvalue weighted by Gasteiger charge is -2.37. The van der Waals surface area contributed by atoms with E-state index in [4.69, 9.17) is 9.47 Å². The number of hydrogen-bond donors (Lipinski definition) is 0. The first kappa shape index (κ1) is 19.3. The largest absolute Gasteiger partial charge is 0.353 e. The Morgan fingerprint density at radius 1 is 0.800 bits per heavy atom. The van der Waals surface area contributed by atoms with Crippen molar-refractivity contribution in [3.05, 3.63) is 12.2 Å². The summed E-state index contributed by atoms with van der Waals surface area (Å²) in [6.07, 6.45) is 11.8. The van der Waals surface area contributed by atoms with Gasteiger partial charge in [-0.15, -0.1) is 0 Å². The highest BCUT2D eigenvalue weighted by Gasteiger charge is 2.31. The molecule has 0 bridgehead atoms. The molecule has 0 unspecified atom stereocenters. The Hall–Kier alpha value is -0.480. The average Bonchev–Trinajstić information content (AvgIpc) is 2.62. The maximum Gasteiger partial charge on any atom is 0.266 e. The maximum absolute atomic E-state index is 12.4. The zero-order chi connectivity index (χ0) is 17.6. The lowest BCUT2D eigenvalue weighted by Crippen LogP contribution is -2.30. The Kier molecular flexibility index (Phi) is 7.29. The van der Waals surface area contributed by atoms with E-state index < -0.39 is 6.08 Å². The molecule has 1 heterocycles. The molecule has 0 aromatic carbocycles. The summed E-state index contributed by atoms with van der Waals surface area (Å²) in [5.74, 6) is 3.21. The van der Waals surface area contributed by atoms with Gasteiger partial charge in [0.15, 0.2) is 6.29 Å². The van der Waals surface area contributed by atoms with Crippen LogP contribution in [-0.4, -0.2) is 19.5 Å². The summed E-state index contributed by atoms with van der Waals surface area (Å²) in [5, 5.41) is 0. The van der Waals surface area contributed by atoms with Crippen LogP contribution in [0.2, 0.25) is 0 Å². The van der Waals surface area contributed by atoms with Crippen LogP contribution in [0.25, 0.3) is 0 Å². The van der Waals surface area contributed by atoms with E-state index in [0.717, 1.165) is 56.7 Å². The molecular weight excluding hydrogens is 322 g/mol. The highest BCUT2D eigenvalue weighted by atomic mass is 19.3. The number of hydrogen-bond acceptors (Lipinski definition) is 2. The fourth-order valence-corrected chi connectivity index (χ4v) is 5.19. The predicted molar refractivity (Wildman–Crippen MR) is 95.3 cm³/mol. The van der Waals surface area contributed by atoms with Crippen molar-refractivity contribution < 1.29 is 18.3 Å². The van der Waals surface area contributed by atoms with Crippen LogP contribution >= 0.6 is 0 Å². The zero-order valence-electron chi connectivity index (χ0n) is 15.6. The van der Waals surface area contributed by atoms with E-state index in [9.17, 15) is 8.78 Å².